The lowest BCUT2D eigenvalue weighted by Gasteiger charge is -2.21. The molecule has 12 heavy (non-hydrogen) atoms. The van der Waals surface area contributed by atoms with Gasteiger partial charge in [0.25, 0.3) is 0 Å². The van der Waals surface area contributed by atoms with Crippen LogP contribution in [0.1, 0.15) is 51.9 Å². The minimum absolute atomic E-state index is 0.587. The molecule has 0 aromatic carbocycles. The van der Waals surface area contributed by atoms with Gasteiger partial charge in [-0.1, -0.05) is 37.8 Å². The molecule has 0 aliphatic heterocycles. The van der Waals surface area contributed by atoms with Crippen LogP contribution in [0.5, 0.6) is 0 Å². The van der Waals surface area contributed by atoms with Crippen molar-refractivity contribution in [1.29, 1.82) is 0 Å². The first-order valence-corrected chi connectivity index (χ1v) is 5.09. The van der Waals surface area contributed by atoms with Crippen LogP contribution in [0, 0.1) is 5.92 Å². The first kappa shape index (κ1) is 9.56. The van der Waals surface area contributed by atoms with Crippen molar-refractivity contribution in [1.82, 2.24) is 0 Å². The van der Waals surface area contributed by atoms with E-state index in [9.17, 15) is 0 Å². The van der Waals surface area contributed by atoms with Gasteiger partial charge in [0.05, 0.1) is 5.71 Å². The van der Waals surface area contributed by atoms with Crippen LogP contribution >= 0.6 is 0 Å². The van der Waals surface area contributed by atoms with Gasteiger partial charge in [-0.25, -0.2) is 0 Å². The predicted molar refractivity (Wildman–Crippen MR) is 50.7 cm³/mol. The standard InChI is InChI=1S/C10H19NO/c1-2-6-10(11-12)9-7-4-3-5-8-9/h9,12H,2-8H2,1H3. The molecule has 0 radical (unpaired) electrons. The number of rotatable bonds is 3. The first-order chi connectivity index (χ1) is 5.88. The molecule has 0 aromatic rings. The molecule has 70 valence electrons. The van der Waals surface area contributed by atoms with Gasteiger partial charge >= 0.3 is 0 Å². The van der Waals surface area contributed by atoms with Crippen LogP contribution in [0.2, 0.25) is 0 Å². The van der Waals surface area contributed by atoms with Crippen molar-refractivity contribution in [2.75, 3.05) is 0 Å². The van der Waals surface area contributed by atoms with Crippen LogP contribution < -0.4 is 0 Å². The first-order valence-electron chi connectivity index (χ1n) is 5.09. The fourth-order valence-electron chi connectivity index (χ4n) is 2.03. The third-order valence-electron chi connectivity index (χ3n) is 2.71. The van der Waals surface area contributed by atoms with Gasteiger partial charge in [0, 0.05) is 5.92 Å². The van der Waals surface area contributed by atoms with Crippen molar-refractivity contribution in [3.8, 4) is 0 Å². The molecule has 0 bridgehead atoms. The number of nitrogens with zero attached hydrogens (tertiary/aromatic N) is 1. The van der Waals surface area contributed by atoms with Gasteiger partial charge in [-0.15, -0.1) is 0 Å². The van der Waals surface area contributed by atoms with E-state index in [0.29, 0.717) is 5.92 Å². The molecule has 1 aliphatic rings. The quantitative estimate of drug-likeness (QED) is 0.393. The summed E-state index contributed by atoms with van der Waals surface area (Å²) < 4.78 is 0. The number of oxime groups is 1. The third-order valence-corrected chi connectivity index (χ3v) is 2.71. The van der Waals surface area contributed by atoms with Crippen LogP contribution in [0.3, 0.4) is 0 Å². The summed E-state index contributed by atoms with van der Waals surface area (Å²) in [5, 5.41) is 12.2. The Bertz CT molecular complexity index is 148. The van der Waals surface area contributed by atoms with Gasteiger partial charge in [-0.2, -0.15) is 0 Å². The van der Waals surface area contributed by atoms with Crippen molar-refractivity contribution < 1.29 is 5.21 Å². The average molecular weight is 169 g/mol. The summed E-state index contributed by atoms with van der Waals surface area (Å²) in [6.07, 6.45) is 8.53. The maximum absolute atomic E-state index is 8.80. The van der Waals surface area contributed by atoms with E-state index in [1.165, 1.54) is 32.1 Å². The van der Waals surface area contributed by atoms with E-state index < -0.39 is 0 Å². The van der Waals surface area contributed by atoms with E-state index in [1.807, 2.05) is 0 Å². The maximum Gasteiger partial charge on any atom is 0.0601 e. The molecule has 0 heterocycles. The van der Waals surface area contributed by atoms with Crippen molar-refractivity contribution in [2.24, 2.45) is 11.1 Å². The number of hydrogen-bond acceptors (Lipinski definition) is 2. The van der Waals surface area contributed by atoms with E-state index in [1.54, 1.807) is 0 Å². The SMILES string of the molecule is CCCC(=NO)C1CCCCC1. The van der Waals surface area contributed by atoms with Crippen molar-refractivity contribution in [2.45, 2.75) is 51.9 Å². The highest BCUT2D eigenvalue weighted by molar-refractivity contribution is 5.86. The highest BCUT2D eigenvalue weighted by atomic mass is 16.4. The molecule has 0 saturated heterocycles. The zero-order chi connectivity index (χ0) is 8.81. The molecule has 0 atom stereocenters. The summed E-state index contributed by atoms with van der Waals surface area (Å²) in [5.41, 5.74) is 1.04. The lowest BCUT2D eigenvalue weighted by atomic mass is 9.84. The zero-order valence-corrected chi connectivity index (χ0v) is 7.92. The predicted octanol–water partition coefficient (Wildman–Crippen LogP) is 3.20. The monoisotopic (exact) mass is 169 g/mol. The molecule has 1 rings (SSSR count). The Labute approximate surface area is 74.7 Å². The lowest BCUT2D eigenvalue weighted by molar-refractivity contribution is 0.307. The molecular weight excluding hydrogens is 150 g/mol. The van der Waals surface area contributed by atoms with Gasteiger partial charge < -0.3 is 5.21 Å². The fourth-order valence-corrected chi connectivity index (χ4v) is 2.03. The highest BCUT2D eigenvalue weighted by Gasteiger charge is 2.18. The van der Waals surface area contributed by atoms with E-state index in [4.69, 9.17) is 5.21 Å². The van der Waals surface area contributed by atoms with Gasteiger partial charge in [-0.05, 0) is 19.3 Å². The second-order valence-corrected chi connectivity index (χ2v) is 3.68. The molecular formula is C10H19NO. The largest absolute Gasteiger partial charge is 0.411 e. The summed E-state index contributed by atoms with van der Waals surface area (Å²) in [6, 6.07) is 0. The van der Waals surface area contributed by atoms with Crippen LogP contribution in [0.15, 0.2) is 5.16 Å². The topological polar surface area (TPSA) is 32.6 Å². The maximum atomic E-state index is 8.80. The number of hydrogen-bond donors (Lipinski definition) is 1. The summed E-state index contributed by atoms with van der Waals surface area (Å²) in [4.78, 5) is 0. The van der Waals surface area contributed by atoms with Crippen LogP contribution in [0.25, 0.3) is 0 Å². The minimum atomic E-state index is 0.587. The van der Waals surface area contributed by atoms with Gasteiger partial charge in [0.15, 0.2) is 0 Å². The Hall–Kier alpha value is -0.530. The molecule has 1 saturated carbocycles. The molecule has 2 heteroatoms. The molecule has 1 fully saturated rings. The molecule has 0 unspecified atom stereocenters. The average Bonchev–Trinajstić information content (AvgIpc) is 2.15. The van der Waals surface area contributed by atoms with Gasteiger partial charge in [-0.3, -0.25) is 0 Å². The Balaban J connectivity index is 2.41. The van der Waals surface area contributed by atoms with E-state index in [0.717, 1.165) is 18.6 Å². The van der Waals surface area contributed by atoms with E-state index >= 15 is 0 Å². The summed E-state index contributed by atoms with van der Waals surface area (Å²) >= 11 is 0. The molecule has 0 spiro atoms. The summed E-state index contributed by atoms with van der Waals surface area (Å²) in [5.74, 6) is 0.587. The Kier molecular flexibility index (Phi) is 4.12. The summed E-state index contributed by atoms with van der Waals surface area (Å²) in [6.45, 7) is 2.13. The molecule has 1 N–H and O–H groups in total. The van der Waals surface area contributed by atoms with Crippen molar-refractivity contribution >= 4 is 5.71 Å². The zero-order valence-electron chi connectivity index (χ0n) is 7.92. The van der Waals surface area contributed by atoms with E-state index in [2.05, 4.69) is 12.1 Å². The van der Waals surface area contributed by atoms with Gasteiger partial charge in [0.1, 0.15) is 0 Å². The van der Waals surface area contributed by atoms with Crippen molar-refractivity contribution in [3.05, 3.63) is 0 Å². The van der Waals surface area contributed by atoms with Gasteiger partial charge in [0.2, 0.25) is 0 Å². The van der Waals surface area contributed by atoms with E-state index in [-0.39, 0.29) is 0 Å². The second-order valence-electron chi connectivity index (χ2n) is 3.68. The molecule has 2 nitrogen and oxygen atoms in total. The normalized spacial score (nSPS) is 21.2. The third kappa shape index (κ3) is 2.50. The Morgan fingerprint density at radius 1 is 1.33 bits per heavy atom. The highest BCUT2D eigenvalue weighted by Crippen LogP contribution is 2.26. The lowest BCUT2D eigenvalue weighted by Crippen LogP contribution is -2.17. The smallest absolute Gasteiger partial charge is 0.0601 e. The van der Waals surface area contributed by atoms with Crippen LogP contribution in [-0.4, -0.2) is 10.9 Å². The minimum Gasteiger partial charge on any atom is -0.411 e. The Morgan fingerprint density at radius 2 is 2.00 bits per heavy atom. The summed E-state index contributed by atoms with van der Waals surface area (Å²) in [7, 11) is 0. The molecule has 1 aliphatic carbocycles. The molecule has 0 amide bonds. The van der Waals surface area contributed by atoms with Crippen LogP contribution in [-0.2, 0) is 0 Å². The van der Waals surface area contributed by atoms with Crippen molar-refractivity contribution in [3.63, 3.8) is 0 Å². The Morgan fingerprint density at radius 3 is 2.50 bits per heavy atom. The molecule has 0 aromatic heterocycles. The fraction of sp³-hybridized carbons (Fsp3) is 0.900. The van der Waals surface area contributed by atoms with Crippen LogP contribution in [0.4, 0.5) is 0 Å². The second kappa shape index (κ2) is 5.18.